The molecule has 0 aromatic heterocycles. The number of nitrogens with two attached hydrogens (primary N) is 2. The summed E-state index contributed by atoms with van der Waals surface area (Å²) < 4.78 is 0. The van der Waals surface area contributed by atoms with Crippen LogP contribution in [0.25, 0.3) is 0 Å². The van der Waals surface area contributed by atoms with E-state index in [9.17, 15) is 0 Å². The van der Waals surface area contributed by atoms with Crippen molar-refractivity contribution in [2.75, 3.05) is 25.5 Å². The molecule has 15 heavy (non-hydrogen) atoms. The highest BCUT2D eigenvalue weighted by Gasteiger charge is 1.85. The summed E-state index contributed by atoms with van der Waals surface area (Å²) in [5.41, 5.74) is 11.3. The van der Waals surface area contributed by atoms with Gasteiger partial charge in [0.2, 0.25) is 0 Å². The van der Waals surface area contributed by atoms with Crippen molar-refractivity contribution in [1.29, 1.82) is 0 Å². The minimum Gasteiger partial charge on any atom is -0.508 e. The van der Waals surface area contributed by atoms with E-state index in [2.05, 4.69) is 5.32 Å². The Bertz CT molecular complexity index is 232. The van der Waals surface area contributed by atoms with Crippen molar-refractivity contribution in [3.05, 3.63) is 24.3 Å². The van der Waals surface area contributed by atoms with Crippen LogP contribution in [0.3, 0.4) is 0 Å². The van der Waals surface area contributed by atoms with Gasteiger partial charge in [0.05, 0.1) is 0 Å². The van der Waals surface area contributed by atoms with E-state index in [0.29, 0.717) is 5.75 Å². The van der Waals surface area contributed by atoms with Crippen LogP contribution in [0.2, 0.25) is 0 Å². The van der Waals surface area contributed by atoms with Crippen LogP contribution in [-0.2, 0) is 0 Å². The van der Waals surface area contributed by atoms with Gasteiger partial charge in [-0.25, -0.2) is 0 Å². The Morgan fingerprint density at radius 1 is 1.07 bits per heavy atom. The quantitative estimate of drug-likeness (QED) is 0.444. The first-order chi connectivity index (χ1) is 7.24. The number of unbranched alkanes of at least 4 members (excludes halogenated alkanes) is 1. The first-order valence-electron chi connectivity index (χ1n) is 5.11. The standard InChI is InChI=1S/C7H9NO.C4H12N2/c1-8-6-2-4-7(9)5-3-6;5-3-1-2-4-6/h2-5,8-9H,1H3;1-6H2. The normalized spacial score (nSPS) is 9.00. The van der Waals surface area contributed by atoms with Crippen LogP contribution in [0.4, 0.5) is 5.69 Å². The van der Waals surface area contributed by atoms with Gasteiger partial charge in [-0.1, -0.05) is 0 Å². The van der Waals surface area contributed by atoms with Gasteiger partial charge in [-0.3, -0.25) is 0 Å². The minimum atomic E-state index is 0.300. The number of benzene rings is 1. The lowest BCUT2D eigenvalue weighted by Crippen LogP contribution is -2.03. The predicted octanol–water partition coefficient (Wildman–Crippen LogP) is 1.12. The molecule has 0 heterocycles. The fraction of sp³-hybridized carbons (Fsp3) is 0.455. The molecule has 0 unspecified atom stereocenters. The molecule has 1 rings (SSSR count). The highest BCUT2D eigenvalue weighted by molar-refractivity contribution is 5.45. The topological polar surface area (TPSA) is 84.3 Å². The summed E-state index contributed by atoms with van der Waals surface area (Å²) in [4.78, 5) is 0. The minimum absolute atomic E-state index is 0.300. The Labute approximate surface area is 91.3 Å². The smallest absolute Gasteiger partial charge is 0.115 e. The molecule has 6 N–H and O–H groups in total. The van der Waals surface area contributed by atoms with Crippen molar-refractivity contribution in [1.82, 2.24) is 0 Å². The van der Waals surface area contributed by atoms with E-state index in [1.165, 1.54) is 0 Å². The second-order valence-electron chi connectivity index (χ2n) is 3.08. The summed E-state index contributed by atoms with van der Waals surface area (Å²) in [5.74, 6) is 0.300. The number of phenolic OH excluding ortho intramolecular Hbond substituents is 1. The highest BCUT2D eigenvalue weighted by Crippen LogP contribution is 2.12. The van der Waals surface area contributed by atoms with Crippen molar-refractivity contribution in [3.63, 3.8) is 0 Å². The number of rotatable bonds is 4. The van der Waals surface area contributed by atoms with Gasteiger partial charge in [0.1, 0.15) is 5.75 Å². The molecule has 4 nitrogen and oxygen atoms in total. The summed E-state index contributed by atoms with van der Waals surface area (Å²) in [6.45, 7) is 1.55. The van der Waals surface area contributed by atoms with Gasteiger partial charge in [-0.05, 0) is 50.2 Å². The van der Waals surface area contributed by atoms with Crippen molar-refractivity contribution in [2.45, 2.75) is 12.8 Å². The molecule has 1 aromatic rings. The van der Waals surface area contributed by atoms with E-state index in [1.54, 1.807) is 12.1 Å². The number of aromatic hydroxyl groups is 1. The maximum absolute atomic E-state index is 8.82. The van der Waals surface area contributed by atoms with E-state index in [-0.39, 0.29) is 0 Å². The lowest BCUT2D eigenvalue weighted by Gasteiger charge is -1.96. The first-order valence-corrected chi connectivity index (χ1v) is 5.11. The Hall–Kier alpha value is -1.26. The molecule has 0 aliphatic rings. The van der Waals surface area contributed by atoms with Crippen molar-refractivity contribution < 1.29 is 5.11 Å². The Balaban J connectivity index is 0.000000288. The number of nitrogens with one attached hydrogen (secondary N) is 1. The Kier molecular flexibility index (Phi) is 8.52. The molecule has 0 fully saturated rings. The van der Waals surface area contributed by atoms with Crippen LogP contribution in [0.1, 0.15) is 12.8 Å². The third kappa shape index (κ3) is 7.78. The fourth-order valence-electron chi connectivity index (χ4n) is 0.917. The lowest BCUT2D eigenvalue weighted by atomic mass is 10.3. The zero-order chi connectivity index (χ0) is 11.5. The molecule has 0 amide bonds. The van der Waals surface area contributed by atoms with Gasteiger partial charge in [0, 0.05) is 12.7 Å². The summed E-state index contributed by atoms with van der Waals surface area (Å²) in [7, 11) is 1.84. The summed E-state index contributed by atoms with van der Waals surface area (Å²) in [6.07, 6.45) is 2.13. The van der Waals surface area contributed by atoms with E-state index in [4.69, 9.17) is 16.6 Å². The largest absolute Gasteiger partial charge is 0.508 e. The second kappa shape index (κ2) is 9.30. The van der Waals surface area contributed by atoms with Gasteiger partial charge >= 0.3 is 0 Å². The van der Waals surface area contributed by atoms with Crippen molar-refractivity contribution in [2.24, 2.45) is 11.5 Å². The zero-order valence-electron chi connectivity index (χ0n) is 9.24. The molecule has 86 valence electrons. The molecular formula is C11H21N3O. The third-order valence-electron chi connectivity index (χ3n) is 1.81. The molecular weight excluding hydrogens is 190 g/mol. The van der Waals surface area contributed by atoms with Crippen LogP contribution < -0.4 is 16.8 Å². The Morgan fingerprint density at radius 2 is 1.53 bits per heavy atom. The number of anilines is 1. The molecule has 0 aliphatic heterocycles. The van der Waals surface area contributed by atoms with Crippen LogP contribution in [0.5, 0.6) is 5.75 Å². The highest BCUT2D eigenvalue weighted by atomic mass is 16.3. The molecule has 0 saturated heterocycles. The average Bonchev–Trinajstić information content (AvgIpc) is 2.28. The SMILES string of the molecule is CNc1ccc(O)cc1.NCCCCN. The van der Waals surface area contributed by atoms with Gasteiger partial charge in [0.15, 0.2) is 0 Å². The van der Waals surface area contributed by atoms with Gasteiger partial charge in [-0.15, -0.1) is 0 Å². The second-order valence-corrected chi connectivity index (χ2v) is 3.08. The number of hydrogen-bond donors (Lipinski definition) is 4. The third-order valence-corrected chi connectivity index (χ3v) is 1.81. The molecule has 0 bridgehead atoms. The summed E-state index contributed by atoms with van der Waals surface area (Å²) in [6, 6.07) is 6.92. The van der Waals surface area contributed by atoms with E-state index in [1.807, 2.05) is 19.2 Å². The average molecular weight is 211 g/mol. The molecule has 0 radical (unpaired) electrons. The molecule has 0 saturated carbocycles. The Morgan fingerprint density at radius 3 is 1.87 bits per heavy atom. The molecule has 0 aliphatic carbocycles. The van der Waals surface area contributed by atoms with Crippen LogP contribution in [0.15, 0.2) is 24.3 Å². The van der Waals surface area contributed by atoms with E-state index >= 15 is 0 Å². The maximum atomic E-state index is 8.82. The molecule has 0 spiro atoms. The van der Waals surface area contributed by atoms with Crippen LogP contribution in [0, 0.1) is 0 Å². The van der Waals surface area contributed by atoms with Crippen molar-refractivity contribution >= 4 is 5.69 Å². The van der Waals surface area contributed by atoms with E-state index < -0.39 is 0 Å². The van der Waals surface area contributed by atoms with Crippen LogP contribution >= 0.6 is 0 Å². The lowest BCUT2D eigenvalue weighted by molar-refractivity contribution is 0.475. The van der Waals surface area contributed by atoms with Gasteiger partial charge in [-0.2, -0.15) is 0 Å². The molecule has 4 heteroatoms. The number of hydrogen-bond acceptors (Lipinski definition) is 4. The zero-order valence-corrected chi connectivity index (χ0v) is 9.24. The molecule has 0 atom stereocenters. The number of phenols is 1. The maximum Gasteiger partial charge on any atom is 0.115 e. The predicted molar refractivity (Wildman–Crippen MR) is 65.0 cm³/mol. The molecule has 1 aromatic carbocycles. The summed E-state index contributed by atoms with van der Waals surface area (Å²) in [5, 5.41) is 11.8. The first kappa shape index (κ1) is 13.7. The van der Waals surface area contributed by atoms with Gasteiger partial charge in [0.25, 0.3) is 0 Å². The fourth-order valence-corrected chi connectivity index (χ4v) is 0.917. The van der Waals surface area contributed by atoms with Crippen LogP contribution in [-0.4, -0.2) is 25.2 Å². The summed E-state index contributed by atoms with van der Waals surface area (Å²) >= 11 is 0. The van der Waals surface area contributed by atoms with Gasteiger partial charge < -0.3 is 21.9 Å². The monoisotopic (exact) mass is 211 g/mol. The van der Waals surface area contributed by atoms with Crippen molar-refractivity contribution in [3.8, 4) is 5.75 Å². The van der Waals surface area contributed by atoms with E-state index in [0.717, 1.165) is 31.6 Å².